The van der Waals surface area contributed by atoms with E-state index in [1.54, 1.807) is 13.8 Å². The zero-order chi connectivity index (χ0) is 14.6. The number of hydrogen-bond donors (Lipinski definition) is 2. The van der Waals surface area contributed by atoms with Crippen molar-refractivity contribution in [2.75, 3.05) is 0 Å². The van der Waals surface area contributed by atoms with Gasteiger partial charge >= 0.3 is 5.97 Å². The van der Waals surface area contributed by atoms with Crippen molar-refractivity contribution < 1.29 is 23.5 Å². The summed E-state index contributed by atoms with van der Waals surface area (Å²) in [7, 11) is 0. The molecular formula is C13H15F2NO3. The van der Waals surface area contributed by atoms with E-state index in [9.17, 15) is 18.4 Å². The third-order valence-electron chi connectivity index (χ3n) is 2.96. The zero-order valence-corrected chi connectivity index (χ0v) is 10.6. The smallest absolute Gasteiger partial charge is 0.326 e. The Hall–Kier alpha value is -1.98. The Kier molecular flexibility index (Phi) is 4.97. The minimum Gasteiger partial charge on any atom is -0.480 e. The molecule has 0 aromatic heterocycles. The first-order chi connectivity index (χ1) is 8.88. The van der Waals surface area contributed by atoms with Gasteiger partial charge in [0.15, 0.2) is 11.6 Å². The first-order valence-electron chi connectivity index (χ1n) is 5.86. The van der Waals surface area contributed by atoms with Gasteiger partial charge < -0.3 is 10.4 Å². The van der Waals surface area contributed by atoms with Crippen molar-refractivity contribution in [3.8, 4) is 0 Å². The van der Waals surface area contributed by atoms with Crippen LogP contribution in [0.15, 0.2) is 18.2 Å². The Labute approximate surface area is 109 Å². The zero-order valence-electron chi connectivity index (χ0n) is 10.6. The van der Waals surface area contributed by atoms with E-state index in [2.05, 4.69) is 5.32 Å². The van der Waals surface area contributed by atoms with E-state index in [1.807, 2.05) is 0 Å². The van der Waals surface area contributed by atoms with Crippen molar-refractivity contribution in [2.45, 2.75) is 26.3 Å². The van der Waals surface area contributed by atoms with Crippen molar-refractivity contribution >= 4 is 11.9 Å². The number of benzene rings is 1. The summed E-state index contributed by atoms with van der Waals surface area (Å²) in [6, 6.07) is 2.03. The Morgan fingerprint density at radius 2 is 2.00 bits per heavy atom. The molecule has 1 amide bonds. The molecule has 0 aliphatic heterocycles. The molecule has 0 aliphatic carbocycles. The Balaban J connectivity index is 2.94. The molecule has 0 saturated heterocycles. The number of rotatable bonds is 5. The lowest BCUT2D eigenvalue weighted by molar-refractivity contribution is -0.140. The molecule has 0 fully saturated rings. The lowest BCUT2D eigenvalue weighted by Crippen LogP contribution is -2.45. The number of halogens is 2. The van der Waals surface area contributed by atoms with Gasteiger partial charge in [0, 0.05) is 0 Å². The van der Waals surface area contributed by atoms with Crippen LogP contribution in [0.25, 0.3) is 0 Å². The molecule has 4 nitrogen and oxygen atoms in total. The molecule has 0 unspecified atom stereocenters. The van der Waals surface area contributed by atoms with Gasteiger partial charge in [-0.3, -0.25) is 4.79 Å². The van der Waals surface area contributed by atoms with Gasteiger partial charge in [-0.2, -0.15) is 0 Å². The van der Waals surface area contributed by atoms with Gasteiger partial charge in [0.25, 0.3) is 5.91 Å². The van der Waals surface area contributed by atoms with Crippen LogP contribution in [-0.4, -0.2) is 23.0 Å². The first-order valence-corrected chi connectivity index (χ1v) is 5.86. The van der Waals surface area contributed by atoms with Gasteiger partial charge in [0.05, 0.1) is 5.56 Å². The van der Waals surface area contributed by atoms with Crippen molar-refractivity contribution in [3.05, 3.63) is 35.4 Å². The third-order valence-corrected chi connectivity index (χ3v) is 2.96. The molecule has 0 heterocycles. The second-order valence-electron chi connectivity index (χ2n) is 4.28. The summed E-state index contributed by atoms with van der Waals surface area (Å²) in [5.74, 6) is -4.90. The third kappa shape index (κ3) is 3.49. The lowest BCUT2D eigenvalue weighted by atomic mass is 9.99. The summed E-state index contributed by atoms with van der Waals surface area (Å²) in [6.07, 6.45) is 0.531. The summed E-state index contributed by atoms with van der Waals surface area (Å²) < 4.78 is 26.4. The fourth-order valence-electron chi connectivity index (χ4n) is 1.58. The molecule has 6 heteroatoms. The van der Waals surface area contributed by atoms with E-state index in [1.165, 1.54) is 6.07 Å². The maximum Gasteiger partial charge on any atom is 0.326 e. The quantitative estimate of drug-likeness (QED) is 0.862. The van der Waals surface area contributed by atoms with Crippen LogP contribution in [0.2, 0.25) is 0 Å². The number of hydrogen-bond acceptors (Lipinski definition) is 2. The molecule has 1 rings (SSSR count). The molecular weight excluding hydrogens is 256 g/mol. The molecule has 2 atom stereocenters. The molecule has 0 bridgehead atoms. The first kappa shape index (κ1) is 15.1. The predicted octanol–water partition coefficient (Wildman–Crippen LogP) is 2.19. The second kappa shape index (κ2) is 6.26. The van der Waals surface area contributed by atoms with Crippen LogP contribution in [0.1, 0.15) is 30.6 Å². The lowest BCUT2D eigenvalue weighted by Gasteiger charge is -2.20. The summed E-state index contributed by atoms with van der Waals surface area (Å²) >= 11 is 0. The molecule has 0 spiro atoms. The maximum absolute atomic E-state index is 13.4. The van der Waals surface area contributed by atoms with E-state index >= 15 is 0 Å². The van der Waals surface area contributed by atoms with Crippen LogP contribution < -0.4 is 5.32 Å². The van der Waals surface area contributed by atoms with Gasteiger partial charge in [-0.25, -0.2) is 13.6 Å². The average molecular weight is 271 g/mol. The van der Waals surface area contributed by atoms with E-state index < -0.39 is 35.1 Å². The van der Waals surface area contributed by atoms with Gasteiger partial charge in [0.2, 0.25) is 0 Å². The van der Waals surface area contributed by atoms with Crippen LogP contribution in [0, 0.1) is 17.6 Å². The highest BCUT2D eigenvalue weighted by Gasteiger charge is 2.27. The number of aliphatic carboxylic acids is 1. The largest absolute Gasteiger partial charge is 0.480 e. The minimum absolute atomic E-state index is 0.321. The second-order valence-corrected chi connectivity index (χ2v) is 4.28. The molecule has 0 radical (unpaired) electrons. The van der Waals surface area contributed by atoms with E-state index in [0.717, 1.165) is 12.1 Å². The summed E-state index contributed by atoms with van der Waals surface area (Å²) in [5, 5.41) is 11.2. The number of amides is 1. The van der Waals surface area contributed by atoms with Crippen molar-refractivity contribution in [1.82, 2.24) is 5.32 Å². The number of carboxylic acid groups (broad SMARTS) is 1. The molecule has 0 aliphatic rings. The molecule has 0 saturated carbocycles. The SMILES string of the molecule is CC[C@@H](C)[C@H](NC(=O)c1cccc(F)c1F)C(=O)O. The average Bonchev–Trinajstić information content (AvgIpc) is 2.37. The van der Waals surface area contributed by atoms with E-state index in [4.69, 9.17) is 5.11 Å². The van der Waals surface area contributed by atoms with E-state index in [-0.39, 0.29) is 5.92 Å². The molecule has 1 aromatic rings. The van der Waals surface area contributed by atoms with Crippen LogP contribution >= 0.6 is 0 Å². The van der Waals surface area contributed by atoms with Crippen molar-refractivity contribution in [1.29, 1.82) is 0 Å². The van der Waals surface area contributed by atoms with Crippen LogP contribution in [-0.2, 0) is 4.79 Å². The van der Waals surface area contributed by atoms with Crippen LogP contribution in [0.5, 0.6) is 0 Å². The Morgan fingerprint density at radius 1 is 1.37 bits per heavy atom. The van der Waals surface area contributed by atoms with E-state index in [0.29, 0.717) is 6.42 Å². The highest BCUT2D eigenvalue weighted by molar-refractivity contribution is 5.96. The number of carbonyl (C=O) groups is 2. The standard InChI is InChI=1S/C13H15F2NO3/c1-3-7(2)11(13(18)19)16-12(17)8-5-4-6-9(14)10(8)15/h4-7,11H,3H2,1-2H3,(H,16,17)(H,18,19)/t7-,11+/m1/s1. The summed E-state index contributed by atoms with van der Waals surface area (Å²) in [5.41, 5.74) is -0.505. The highest BCUT2D eigenvalue weighted by atomic mass is 19.2. The fourth-order valence-corrected chi connectivity index (χ4v) is 1.58. The monoisotopic (exact) mass is 271 g/mol. The number of carbonyl (C=O) groups excluding carboxylic acids is 1. The van der Waals surface area contributed by atoms with Gasteiger partial charge in [-0.05, 0) is 18.1 Å². The minimum atomic E-state index is -1.28. The summed E-state index contributed by atoms with van der Waals surface area (Å²) in [6.45, 7) is 3.43. The molecule has 104 valence electrons. The van der Waals surface area contributed by atoms with Gasteiger partial charge in [0.1, 0.15) is 6.04 Å². The van der Waals surface area contributed by atoms with Crippen LogP contribution in [0.3, 0.4) is 0 Å². The molecule has 19 heavy (non-hydrogen) atoms. The molecule has 1 aromatic carbocycles. The fraction of sp³-hybridized carbons (Fsp3) is 0.385. The topological polar surface area (TPSA) is 66.4 Å². The maximum atomic E-state index is 13.4. The van der Waals surface area contributed by atoms with Gasteiger partial charge in [-0.1, -0.05) is 26.3 Å². The number of carboxylic acids is 1. The van der Waals surface area contributed by atoms with Crippen molar-refractivity contribution in [3.63, 3.8) is 0 Å². The predicted molar refractivity (Wildman–Crippen MR) is 64.7 cm³/mol. The van der Waals surface area contributed by atoms with Crippen molar-refractivity contribution in [2.24, 2.45) is 5.92 Å². The van der Waals surface area contributed by atoms with Gasteiger partial charge in [-0.15, -0.1) is 0 Å². The highest BCUT2D eigenvalue weighted by Crippen LogP contribution is 2.13. The normalized spacial score (nSPS) is 13.7. The molecule has 2 N–H and O–H groups in total. The Bertz CT molecular complexity index is 491. The number of nitrogens with one attached hydrogen (secondary N) is 1. The van der Waals surface area contributed by atoms with Crippen LogP contribution in [0.4, 0.5) is 8.78 Å². The Morgan fingerprint density at radius 3 is 2.53 bits per heavy atom. The summed E-state index contributed by atoms with van der Waals surface area (Å²) in [4.78, 5) is 22.8.